The highest BCUT2D eigenvalue weighted by Gasteiger charge is 2.29. The van der Waals surface area contributed by atoms with Gasteiger partial charge in [0.05, 0.1) is 12.6 Å². The summed E-state index contributed by atoms with van der Waals surface area (Å²) in [6.45, 7) is 11.1. The quantitative estimate of drug-likeness (QED) is 0.357. The van der Waals surface area contributed by atoms with Gasteiger partial charge < -0.3 is 20.7 Å². The lowest BCUT2D eigenvalue weighted by Crippen LogP contribution is -2.42. The fraction of sp³-hybridized carbons (Fsp3) is 0.875. The van der Waals surface area contributed by atoms with E-state index in [2.05, 4.69) is 41.7 Å². The van der Waals surface area contributed by atoms with E-state index in [1.54, 1.807) is 7.11 Å². The topological polar surface area (TPSA) is 74.8 Å². The molecule has 0 aromatic heterocycles. The van der Waals surface area contributed by atoms with Crippen LogP contribution in [0.15, 0.2) is 4.99 Å². The Bertz CT molecular complexity index is 373. The van der Waals surface area contributed by atoms with Crippen LogP contribution in [0.5, 0.6) is 0 Å². The second-order valence-corrected chi connectivity index (χ2v) is 6.80. The van der Waals surface area contributed by atoms with Crippen LogP contribution >= 0.6 is 0 Å². The lowest BCUT2D eigenvalue weighted by atomic mass is 9.89. The smallest absolute Gasteiger partial charge is 0.223 e. The average molecular weight is 312 g/mol. The molecular weight excluding hydrogens is 280 g/mol. The first kappa shape index (κ1) is 18.7. The number of aliphatic imine (C=N–C) groups is 1. The Kier molecular flexibility index (Phi) is 7.65. The van der Waals surface area contributed by atoms with Crippen LogP contribution in [0.4, 0.5) is 0 Å². The van der Waals surface area contributed by atoms with Gasteiger partial charge in [0, 0.05) is 32.7 Å². The molecule has 0 aromatic carbocycles. The molecule has 6 nitrogen and oxygen atoms in total. The Balaban J connectivity index is 2.35. The molecule has 1 aliphatic carbocycles. The van der Waals surface area contributed by atoms with Crippen molar-refractivity contribution in [3.63, 3.8) is 0 Å². The molecule has 1 saturated carbocycles. The minimum absolute atomic E-state index is 0.0494. The molecule has 1 atom stereocenters. The summed E-state index contributed by atoms with van der Waals surface area (Å²) in [5.41, 5.74) is 0.0494. The predicted octanol–water partition coefficient (Wildman–Crippen LogP) is 1.13. The zero-order valence-corrected chi connectivity index (χ0v) is 14.7. The number of hydrogen-bond acceptors (Lipinski definition) is 3. The summed E-state index contributed by atoms with van der Waals surface area (Å²) in [6.07, 6.45) is 2.14. The van der Waals surface area contributed by atoms with Crippen LogP contribution < -0.4 is 16.0 Å². The van der Waals surface area contributed by atoms with E-state index in [1.807, 2.05) is 6.92 Å². The SMILES string of the molecule is CCNC(=NCC(OC)C(C)(C)C)NCCNC(=O)C1CC1. The second kappa shape index (κ2) is 8.98. The maximum atomic E-state index is 11.5. The van der Waals surface area contributed by atoms with Gasteiger partial charge in [-0.25, -0.2) is 0 Å². The van der Waals surface area contributed by atoms with Gasteiger partial charge in [-0.15, -0.1) is 0 Å². The molecular formula is C16H32N4O2. The van der Waals surface area contributed by atoms with Gasteiger partial charge >= 0.3 is 0 Å². The molecule has 1 fully saturated rings. The van der Waals surface area contributed by atoms with Crippen LogP contribution in [0.25, 0.3) is 0 Å². The first-order valence-corrected chi connectivity index (χ1v) is 8.21. The number of methoxy groups -OCH3 is 1. The highest BCUT2D eigenvalue weighted by atomic mass is 16.5. The van der Waals surface area contributed by atoms with E-state index in [0.29, 0.717) is 19.6 Å². The molecule has 0 bridgehead atoms. The minimum Gasteiger partial charge on any atom is -0.379 e. The largest absolute Gasteiger partial charge is 0.379 e. The summed E-state index contributed by atoms with van der Waals surface area (Å²) in [5.74, 6) is 1.20. The predicted molar refractivity (Wildman–Crippen MR) is 90.0 cm³/mol. The normalized spacial score (nSPS) is 17.0. The third-order valence-electron chi connectivity index (χ3n) is 3.67. The van der Waals surface area contributed by atoms with Crippen LogP contribution in [0.3, 0.4) is 0 Å². The van der Waals surface area contributed by atoms with Gasteiger partial charge in [-0.05, 0) is 25.2 Å². The van der Waals surface area contributed by atoms with Crippen molar-refractivity contribution in [1.82, 2.24) is 16.0 Å². The standard InChI is InChI=1S/C16H32N4O2/c1-6-17-15(20-11-13(22-5)16(2,3)4)19-10-9-18-14(21)12-7-8-12/h12-13H,6-11H2,1-5H3,(H,18,21)(H2,17,19,20). The Morgan fingerprint density at radius 1 is 1.23 bits per heavy atom. The highest BCUT2D eigenvalue weighted by molar-refractivity contribution is 5.81. The molecule has 128 valence electrons. The number of hydrogen-bond donors (Lipinski definition) is 3. The number of rotatable bonds is 8. The lowest BCUT2D eigenvalue weighted by Gasteiger charge is -2.28. The summed E-state index contributed by atoms with van der Waals surface area (Å²) in [5, 5.41) is 9.38. The molecule has 0 aliphatic heterocycles. The van der Waals surface area contributed by atoms with E-state index in [1.165, 1.54) is 0 Å². The molecule has 0 heterocycles. The molecule has 0 radical (unpaired) electrons. The van der Waals surface area contributed by atoms with Crippen molar-refractivity contribution in [2.75, 3.05) is 33.3 Å². The van der Waals surface area contributed by atoms with Crippen molar-refractivity contribution < 1.29 is 9.53 Å². The zero-order valence-electron chi connectivity index (χ0n) is 14.7. The van der Waals surface area contributed by atoms with Crippen LogP contribution in [0, 0.1) is 11.3 Å². The first-order valence-electron chi connectivity index (χ1n) is 8.21. The van der Waals surface area contributed by atoms with Crippen LogP contribution in [-0.2, 0) is 9.53 Å². The van der Waals surface area contributed by atoms with Gasteiger partial charge in [-0.2, -0.15) is 0 Å². The molecule has 1 rings (SSSR count). The second-order valence-electron chi connectivity index (χ2n) is 6.80. The third-order valence-corrected chi connectivity index (χ3v) is 3.67. The van der Waals surface area contributed by atoms with Crippen molar-refractivity contribution in [3.8, 4) is 0 Å². The minimum atomic E-state index is 0.0494. The van der Waals surface area contributed by atoms with Crippen LogP contribution in [0.1, 0.15) is 40.5 Å². The van der Waals surface area contributed by atoms with Gasteiger partial charge in [0.2, 0.25) is 5.91 Å². The van der Waals surface area contributed by atoms with Crippen LogP contribution in [-0.4, -0.2) is 51.3 Å². The van der Waals surface area contributed by atoms with Gasteiger partial charge in [0.25, 0.3) is 0 Å². The first-order chi connectivity index (χ1) is 10.4. The van der Waals surface area contributed by atoms with E-state index < -0.39 is 0 Å². The van der Waals surface area contributed by atoms with E-state index >= 15 is 0 Å². The lowest BCUT2D eigenvalue weighted by molar-refractivity contribution is -0.122. The van der Waals surface area contributed by atoms with Crippen molar-refractivity contribution >= 4 is 11.9 Å². The van der Waals surface area contributed by atoms with E-state index in [9.17, 15) is 4.79 Å². The summed E-state index contributed by atoms with van der Waals surface area (Å²) in [7, 11) is 1.72. The molecule has 0 spiro atoms. The third kappa shape index (κ3) is 7.11. The molecule has 1 unspecified atom stereocenters. The molecule has 6 heteroatoms. The highest BCUT2D eigenvalue weighted by Crippen LogP contribution is 2.28. The van der Waals surface area contributed by atoms with Gasteiger partial charge in [-0.3, -0.25) is 9.79 Å². The van der Waals surface area contributed by atoms with Crippen molar-refractivity contribution in [1.29, 1.82) is 0 Å². The molecule has 1 amide bonds. The summed E-state index contributed by atoms with van der Waals surface area (Å²) >= 11 is 0. The number of ether oxygens (including phenoxy) is 1. The fourth-order valence-electron chi connectivity index (χ4n) is 2.07. The number of guanidine groups is 1. The Morgan fingerprint density at radius 3 is 2.36 bits per heavy atom. The van der Waals surface area contributed by atoms with Gasteiger partial charge in [-0.1, -0.05) is 20.8 Å². The number of nitrogens with zero attached hydrogens (tertiary/aromatic N) is 1. The number of carbonyl (C=O) groups is 1. The molecule has 1 aliphatic rings. The summed E-state index contributed by atoms with van der Waals surface area (Å²) in [6, 6.07) is 0. The fourth-order valence-corrected chi connectivity index (χ4v) is 2.07. The van der Waals surface area contributed by atoms with Gasteiger partial charge in [0.15, 0.2) is 5.96 Å². The molecule has 3 N–H and O–H groups in total. The van der Waals surface area contributed by atoms with E-state index in [0.717, 1.165) is 25.3 Å². The van der Waals surface area contributed by atoms with Crippen LogP contribution in [0.2, 0.25) is 0 Å². The Morgan fingerprint density at radius 2 is 1.86 bits per heavy atom. The number of carbonyl (C=O) groups excluding carboxylic acids is 1. The summed E-state index contributed by atoms with van der Waals surface area (Å²) < 4.78 is 5.51. The Hall–Kier alpha value is -1.30. The van der Waals surface area contributed by atoms with E-state index in [-0.39, 0.29) is 23.3 Å². The molecule has 22 heavy (non-hydrogen) atoms. The Labute approximate surface area is 134 Å². The maximum absolute atomic E-state index is 11.5. The van der Waals surface area contributed by atoms with Crippen molar-refractivity contribution in [3.05, 3.63) is 0 Å². The van der Waals surface area contributed by atoms with Gasteiger partial charge in [0.1, 0.15) is 0 Å². The monoisotopic (exact) mass is 312 g/mol. The molecule has 0 aromatic rings. The van der Waals surface area contributed by atoms with E-state index in [4.69, 9.17) is 4.74 Å². The number of nitrogens with one attached hydrogen (secondary N) is 3. The molecule has 0 saturated heterocycles. The number of amides is 1. The average Bonchev–Trinajstić information content (AvgIpc) is 3.26. The van der Waals surface area contributed by atoms with Crippen molar-refractivity contribution in [2.45, 2.75) is 46.6 Å². The van der Waals surface area contributed by atoms with Crippen molar-refractivity contribution in [2.24, 2.45) is 16.3 Å². The maximum Gasteiger partial charge on any atom is 0.223 e. The zero-order chi connectivity index (χ0) is 16.6. The summed E-state index contributed by atoms with van der Waals surface area (Å²) in [4.78, 5) is 16.1.